The number of aryl methyl sites for hydroxylation is 4. The van der Waals surface area contributed by atoms with Gasteiger partial charge in [0.25, 0.3) is 0 Å². The molecule has 0 radical (unpaired) electrons. The van der Waals surface area contributed by atoms with Crippen LogP contribution in [0.5, 0.6) is 0 Å². The molecule has 1 atom stereocenters. The van der Waals surface area contributed by atoms with Gasteiger partial charge in [-0.05, 0) is 36.8 Å². The van der Waals surface area contributed by atoms with Gasteiger partial charge in [0, 0.05) is 14.4 Å². The van der Waals surface area contributed by atoms with E-state index in [9.17, 15) is 4.79 Å². The molecule has 0 amide bonds. The number of imidazole rings is 1. The molecule has 0 spiro atoms. The van der Waals surface area contributed by atoms with Gasteiger partial charge in [0.05, 0.1) is 11.0 Å². The summed E-state index contributed by atoms with van der Waals surface area (Å²) in [7, 11) is 0. The van der Waals surface area contributed by atoms with E-state index in [0.29, 0.717) is 0 Å². The first-order chi connectivity index (χ1) is 8.27. The lowest BCUT2D eigenvalue weighted by Crippen LogP contribution is -2.26. The van der Waals surface area contributed by atoms with E-state index in [-0.39, 0.29) is 5.69 Å². The standard InChI is InChI=1S/C13H14N2O/c16-13-14-7-1-3-9-5-6-10-4-2-8-15(13)12(10)11(9)14/h5-6H,1-4,7-8H2/i7D. The molecule has 0 saturated carbocycles. The fraction of sp³-hybridized carbons (Fsp3) is 0.462. The smallest absolute Gasteiger partial charge is 0.292 e. The Kier molecular flexibility index (Phi) is 1.34. The molecule has 4 rings (SSSR count). The third-order valence-electron chi connectivity index (χ3n) is 3.82. The predicted octanol–water partition coefficient (Wildman–Crippen LogP) is 1.70. The fourth-order valence-corrected chi connectivity index (χ4v) is 3.11. The Hall–Kier alpha value is -1.51. The molecular formula is C13H14N2O. The van der Waals surface area contributed by atoms with Crippen LogP contribution in [0.1, 0.15) is 25.3 Å². The Morgan fingerprint density at radius 1 is 1.06 bits per heavy atom. The second-order valence-electron chi connectivity index (χ2n) is 4.71. The van der Waals surface area contributed by atoms with E-state index >= 15 is 0 Å². The lowest BCUT2D eigenvalue weighted by Gasteiger charge is -2.17. The van der Waals surface area contributed by atoms with E-state index < -0.39 is 6.52 Å². The van der Waals surface area contributed by atoms with Crippen molar-refractivity contribution in [2.45, 2.75) is 38.7 Å². The molecule has 2 aromatic rings. The van der Waals surface area contributed by atoms with Crippen molar-refractivity contribution in [3.05, 3.63) is 33.7 Å². The van der Waals surface area contributed by atoms with E-state index in [1.54, 1.807) is 4.57 Å². The van der Waals surface area contributed by atoms with Crippen molar-refractivity contribution in [3.63, 3.8) is 0 Å². The van der Waals surface area contributed by atoms with E-state index in [1.807, 2.05) is 4.57 Å². The average molecular weight is 215 g/mol. The van der Waals surface area contributed by atoms with Gasteiger partial charge in [0.15, 0.2) is 0 Å². The monoisotopic (exact) mass is 215 g/mol. The van der Waals surface area contributed by atoms with Gasteiger partial charge in [-0.3, -0.25) is 9.13 Å². The molecule has 0 N–H and O–H groups in total. The second kappa shape index (κ2) is 2.78. The largest absolute Gasteiger partial charge is 0.329 e. The first kappa shape index (κ1) is 7.71. The zero-order chi connectivity index (χ0) is 11.6. The van der Waals surface area contributed by atoms with Crippen molar-refractivity contribution >= 4 is 11.0 Å². The summed E-state index contributed by atoms with van der Waals surface area (Å²) in [6.07, 6.45) is 3.77. The third kappa shape index (κ3) is 0.872. The Morgan fingerprint density at radius 2 is 1.75 bits per heavy atom. The minimum atomic E-state index is -0.396. The molecule has 1 aromatic carbocycles. The zero-order valence-corrected chi connectivity index (χ0v) is 9.07. The minimum Gasteiger partial charge on any atom is -0.292 e. The maximum Gasteiger partial charge on any atom is 0.329 e. The normalized spacial score (nSPS) is 23.5. The fourth-order valence-electron chi connectivity index (χ4n) is 3.11. The van der Waals surface area contributed by atoms with Crippen LogP contribution in [0.25, 0.3) is 11.0 Å². The zero-order valence-electron chi connectivity index (χ0n) is 10.1. The summed E-state index contributed by atoms with van der Waals surface area (Å²) < 4.78 is 11.6. The van der Waals surface area contributed by atoms with Crippen LogP contribution < -0.4 is 5.69 Å². The molecule has 0 bridgehead atoms. The predicted molar refractivity (Wildman–Crippen MR) is 62.8 cm³/mol. The van der Waals surface area contributed by atoms with Crippen LogP contribution in [0.4, 0.5) is 0 Å². The molecule has 3 heteroatoms. The quantitative estimate of drug-likeness (QED) is 0.657. The maximum atomic E-state index is 12.3. The highest BCUT2D eigenvalue weighted by Gasteiger charge is 2.23. The average Bonchev–Trinajstić information content (AvgIpc) is 2.66. The van der Waals surface area contributed by atoms with Crippen molar-refractivity contribution in [3.8, 4) is 0 Å². The van der Waals surface area contributed by atoms with Gasteiger partial charge in [0.2, 0.25) is 0 Å². The summed E-state index contributed by atoms with van der Waals surface area (Å²) in [5.74, 6) is 0. The first-order valence-corrected chi connectivity index (χ1v) is 5.95. The molecule has 1 unspecified atom stereocenters. The molecule has 3 heterocycles. The highest BCUT2D eigenvalue weighted by Crippen LogP contribution is 2.30. The maximum absolute atomic E-state index is 12.3. The van der Waals surface area contributed by atoms with Gasteiger partial charge >= 0.3 is 5.69 Å². The third-order valence-corrected chi connectivity index (χ3v) is 3.82. The van der Waals surface area contributed by atoms with Crippen LogP contribution in [0, 0.1) is 0 Å². The summed E-state index contributed by atoms with van der Waals surface area (Å²) in [4.78, 5) is 12.3. The van der Waals surface area contributed by atoms with E-state index in [1.165, 1.54) is 11.1 Å². The van der Waals surface area contributed by atoms with Crippen LogP contribution >= 0.6 is 0 Å². The molecule has 0 saturated heterocycles. The number of hydrogen-bond acceptors (Lipinski definition) is 1. The number of nitrogens with zero attached hydrogens (tertiary/aromatic N) is 2. The highest BCUT2D eigenvalue weighted by molar-refractivity contribution is 5.84. The number of rotatable bonds is 0. The summed E-state index contributed by atoms with van der Waals surface area (Å²) in [6, 6.07) is 4.32. The van der Waals surface area contributed by atoms with Gasteiger partial charge < -0.3 is 0 Å². The van der Waals surface area contributed by atoms with Crippen molar-refractivity contribution in [2.24, 2.45) is 0 Å². The number of hydrogen-bond donors (Lipinski definition) is 0. The van der Waals surface area contributed by atoms with Crippen molar-refractivity contribution in [1.82, 2.24) is 9.13 Å². The minimum absolute atomic E-state index is 0.0214. The van der Waals surface area contributed by atoms with Crippen LogP contribution in [-0.2, 0) is 25.9 Å². The number of aromatic nitrogens is 2. The Balaban J connectivity index is 2.27. The van der Waals surface area contributed by atoms with E-state index in [0.717, 1.165) is 43.3 Å². The summed E-state index contributed by atoms with van der Waals surface area (Å²) >= 11 is 0. The van der Waals surface area contributed by atoms with Gasteiger partial charge in [-0.15, -0.1) is 0 Å². The van der Waals surface area contributed by atoms with E-state index in [4.69, 9.17) is 1.37 Å². The van der Waals surface area contributed by atoms with E-state index in [2.05, 4.69) is 12.1 Å². The molecule has 82 valence electrons. The summed E-state index contributed by atoms with van der Waals surface area (Å²) in [6.45, 7) is 0.415. The Morgan fingerprint density at radius 3 is 2.56 bits per heavy atom. The molecule has 0 aliphatic carbocycles. The molecule has 0 fully saturated rings. The second-order valence-corrected chi connectivity index (χ2v) is 4.71. The van der Waals surface area contributed by atoms with Crippen molar-refractivity contribution in [2.75, 3.05) is 0 Å². The highest BCUT2D eigenvalue weighted by atomic mass is 16.1. The lowest BCUT2D eigenvalue weighted by atomic mass is 9.98. The van der Waals surface area contributed by atoms with Gasteiger partial charge in [-0.25, -0.2) is 4.79 Å². The lowest BCUT2D eigenvalue weighted by molar-refractivity contribution is 0.566. The van der Waals surface area contributed by atoms with Crippen LogP contribution in [0.15, 0.2) is 16.9 Å². The Labute approximate surface area is 94.7 Å². The summed E-state index contributed by atoms with van der Waals surface area (Å²) in [5, 5.41) is 0. The van der Waals surface area contributed by atoms with Crippen molar-refractivity contribution in [1.29, 1.82) is 0 Å². The molecular weight excluding hydrogens is 200 g/mol. The number of benzene rings is 1. The molecule has 2 aliphatic rings. The summed E-state index contributed by atoms with van der Waals surface area (Å²) in [5.41, 5.74) is 4.69. The van der Waals surface area contributed by atoms with Crippen LogP contribution in [0.3, 0.4) is 0 Å². The van der Waals surface area contributed by atoms with Crippen LogP contribution in [-0.4, -0.2) is 9.13 Å². The molecule has 16 heavy (non-hydrogen) atoms. The van der Waals surface area contributed by atoms with Gasteiger partial charge in [-0.1, -0.05) is 12.1 Å². The molecule has 3 nitrogen and oxygen atoms in total. The Bertz CT molecular complexity index is 683. The van der Waals surface area contributed by atoms with Gasteiger partial charge in [-0.2, -0.15) is 0 Å². The van der Waals surface area contributed by atoms with Gasteiger partial charge in [0.1, 0.15) is 0 Å². The molecule has 2 aliphatic heterocycles. The molecule has 1 aromatic heterocycles. The van der Waals surface area contributed by atoms with Crippen LogP contribution in [0.2, 0.25) is 0 Å². The first-order valence-electron chi connectivity index (χ1n) is 6.53. The SMILES string of the molecule is [2H]C1CCc2ccc3c4c2n1c(=O)n4CCC3. The van der Waals surface area contributed by atoms with Crippen molar-refractivity contribution < 1.29 is 1.37 Å². The topological polar surface area (TPSA) is 26.9 Å².